The SMILES string of the molecule is COC(=O)c1ccc2c(c1)C[C@]1(CC2)CCN(Cc2ccc(S(C)(=O)=O)cc2)C1=O. The molecular weight excluding hydrogens is 402 g/mol. The summed E-state index contributed by atoms with van der Waals surface area (Å²) >= 11 is 0. The highest BCUT2D eigenvalue weighted by Crippen LogP contribution is 2.44. The molecule has 1 heterocycles. The van der Waals surface area contributed by atoms with E-state index in [1.54, 1.807) is 30.3 Å². The second kappa shape index (κ2) is 7.54. The van der Waals surface area contributed by atoms with E-state index >= 15 is 0 Å². The molecule has 1 spiro atoms. The number of likely N-dealkylation sites (tertiary alicyclic amines) is 1. The van der Waals surface area contributed by atoms with Crippen LogP contribution in [-0.4, -0.2) is 45.1 Å². The van der Waals surface area contributed by atoms with Crippen LogP contribution in [0.3, 0.4) is 0 Å². The van der Waals surface area contributed by atoms with Crippen LogP contribution in [0.1, 0.15) is 39.9 Å². The lowest BCUT2D eigenvalue weighted by Crippen LogP contribution is -2.38. The number of hydrogen-bond donors (Lipinski definition) is 0. The summed E-state index contributed by atoms with van der Waals surface area (Å²) in [5, 5.41) is 0. The van der Waals surface area contributed by atoms with Crippen molar-refractivity contribution in [3.05, 3.63) is 64.7 Å². The topological polar surface area (TPSA) is 80.8 Å². The van der Waals surface area contributed by atoms with Gasteiger partial charge in [-0.3, -0.25) is 4.79 Å². The number of carbonyl (C=O) groups is 2. The van der Waals surface area contributed by atoms with Crippen molar-refractivity contribution in [2.45, 2.75) is 37.1 Å². The monoisotopic (exact) mass is 427 g/mol. The average Bonchev–Trinajstić information content (AvgIpc) is 3.02. The Bertz CT molecular complexity index is 1110. The predicted octanol–water partition coefficient (Wildman–Crippen LogP) is 2.78. The highest BCUT2D eigenvalue weighted by molar-refractivity contribution is 7.90. The van der Waals surface area contributed by atoms with Crippen LogP contribution in [0.15, 0.2) is 47.4 Å². The molecule has 0 radical (unpaired) electrons. The number of benzene rings is 2. The van der Waals surface area contributed by atoms with E-state index in [1.807, 2.05) is 17.0 Å². The lowest BCUT2D eigenvalue weighted by atomic mass is 9.70. The second-order valence-electron chi connectivity index (χ2n) is 8.33. The number of amides is 1. The van der Waals surface area contributed by atoms with Gasteiger partial charge in [0.05, 0.1) is 23.0 Å². The third-order valence-corrected chi connectivity index (χ3v) is 7.48. The fraction of sp³-hybridized carbons (Fsp3) is 0.391. The molecule has 2 aromatic carbocycles. The summed E-state index contributed by atoms with van der Waals surface area (Å²) in [4.78, 5) is 27.4. The summed E-state index contributed by atoms with van der Waals surface area (Å²) < 4.78 is 28.1. The Morgan fingerprint density at radius 3 is 2.50 bits per heavy atom. The van der Waals surface area contributed by atoms with Gasteiger partial charge in [0.15, 0.2) is 9.84 Å². The molecule has 2 aromatic rings. The van der Waals surface area contributed by atoms with E-state index in [1.165, 1.54) is 18.9 Å². The van der Waals surface area contributed by atoms with E-state index in [0.29, 0.717) is 25.1 Å². The zero-order chi connectivity index (χ0) is 21.5. The van der Waals surface area contributed by atoms with E-state index < -0.39 is 15.3 Å². The van der Waals surface area contributed by atoms with Crippen molar-refractivity contribution in [2.24, 2.45) is 5.41 Å². The van der Waals surface area contributed by atoms with Gasteiger partial charge in [-0.15, -0.1) is 0 Å². The first kappa shape index (κ1) is 20.6. The molecule has 1 fully saturated rings. The Morgan fingerprint density at radius 1 is 1.10 bits per heavy atom. The van der Waals surface area contributed by atoms with Crippen LogP contribution >= 0.6 is 0 Å². The van der Waals surface area contributed by atoms with Crippen LogP contribution in [0.2, 0.25) is 0 Å². The first-order chi connectivity index (χ1) is 14.2. The van der Waals surface area contributed by atoms with Gasteiger partial charge in [0.2, 0.25) is 5.91 Å². The van der Waals surface area contributed by atoms with E-state index in [9.17, 15) is 18.0 Å². The van der Waals surface area contributed by atoms with E-state index in [2.05, 4.69) is 0 Å². The Morgan fingerprint density at radius 2 is 1.83 bits per heavy atom. The van der Waals surface area contributed by atoms with Gasteiger partial charge in [-0.05, 0) is 66.6 Å². The third-order valence-electron chi connectivity index (χ3n) is 6.36. The number of aryl methyl sites for hydroxylation is 1. The minimum atomic E-state index is -3.23. The smallest absolute Gasteiger partial charge is 0.337 e. The summed E-state index contributed by atoms with van der Waals surface area (Å²) in [5.74, 6) is -0.224. The lowest BCUT2D eigenvalue weighted by molar-refractivity contribution is -0.137. The molecule has 1 aliphatic heterocycles. The summed E-state index contributed by atoms with van der Waals surface area (Å²) in [6.07, 6.45) is 4.23. The quantitative estimate of drug-likeness (QED) is 0.701. The van der Waals surface area contributed by atoms with Crippen LogP contribution in [0, 0.1) is 5.41 Å². The zero-order valence-corrected chi connectivity index (χ0v) is 18.0. The standard InChI is InChI=1S/C23H25NO5S/c1-29-21(25)18-6-5-17-9-10-23(14-19(17)13-18)11-12-24(22(23)26)15-16-3-7-20(8-4-16)30(2,27)28/h3-8,13H,9-12,14-15H2,1-2H3/t23-/m0/s1. The van der Waals surface area contributed by atoms with Crippen LogP contribution < -0.4 is 0 Å². The summed E-state index contributed by atoms with van der Waals surface area (Å²) in [6, 6.07) is 12.3. The normalized spacial score (nSPS) is 21.0. The highest BCUT2D eigenvalue weighted by Gasteiger charge is 2.48. The van der Waals surface area contributed by atoms with Crippen molar-refractivity contribution >= 4 is 21.7 Å². The minimum absolute atomic E-state index is 0.142. The van der Waals surface area contributed by atoms with Gasteiger partial charge in [-0.2, -0.15) is 0 Å². The van der Waals surface area contributed by atoms with Crippen molar-refractivity contribution in [1.29, 1.82) is 0 Å². The molecule has 1 amide bonds. The van der Waals surface area contributed by atoms with Gasteiger partial charge >= 0.3 is 5.97 Å². The van der Waals surface area contributed by atoms with Gasteiger partial charge in [0.25, 0.3) is 0 Å². The van der Waals surface area contributed by atoms with Gasteiger partial charge in [0.1, 0.15) is 0 Å². The van der Waals surface area contributed by atoms with Gasteiger partial charge in [-0.1, -0.05) is 18.2 Å². The highest BCUT2D eigenvalue weighted by atomic mass is 32.2. The average molecular weight is 428 g/mol. The summed E-state index contributed by atoms with van der Waals surface area (Å²) in [6.45, 7) is 1.15. The number of rotatable bonds is 4. The maximum absolute atomic E-state index is 13.3. The molecule has 0 saturated carbocycles. The number of fused-ring (bicyclic) bond motifs is 1. The summed E-state index contributed by atoms with van der Waals surface area (Å²) in [7, 11) is -1.87. The first-order valence-corrected chi connectivity index (χ1v) is 11.9. The molecule has 1 saturated heterocycles. The number of esters is 1. The number of carbonyl (C=O) groups excluding carboxylic acids is 2. The molecule has 0 N–H and O–H groups in total. The summed E-state index contributed by atoms with van der Waals surface area (Å²) in [5.41, 5.74) is 3.25. The minimum Gasteiger partial charge on any atom is -0.465 e. The van der Waals surface area contributed by atoms with Crippen LogP contribution in [0.25, 0.3) is 0 Å². The Balaban J connectivity index is 1.51. The van der Waals surface area contributed by atoms with Crippen LogP contribution in [0.4, 0.5) is 0 Å². The molecule has 30 heavy (non-hydrogen) atoms. The molecule has 1 atom stereocenters. The number of hydrogen-bond acceptors (Lipinski definition) is 5. The fourth-order valence-electron chi connectivity index (χ4n) is 4.61. The molecule has 2 aliphatic rings. The predicted molar refractivity (Wildman–Crippen MR) is 112 cm³/mol. The molecule has 4 rings (SSSR count). The molecule has 158 valence electrons. The third kappa shape index (κ3) is 3.74. The second-order valence-corrected chi connectivity index (χ2v) is 10.3. The lowest BCUT2D eigenvalue weighted by Gasteiger charge is -2.33. The van der Waals surface area contributed by atoms with Crippen molar-refractivity contribution < 1.29 is 22.7 Å². The Labute approximate surface area is 176 Å². The van der Waals surface area contributed by atoms with Crippen molar-refractivity contribution in [3.63, 3.8) is 0 Å². The van der Waals surface area contributed by atoms with E-state index in [-0.39, 0.29) is 16.8 Å². The molecule has 6 nitrogen and oxygen atoms in total. The van der Waals surface area contributed by atoms with Gasteiger partial charge in [-0.25, -0.2) is 13.2 Å². The zero-order valence-electron chi connectivity index (χ0n) is 17.2. The van der Waals surface area contributed by atoms with Gasteiger partial charge < -0.3 is 9.64 Å². The molecule has 0 aromatic heterocycles. The van der Waals surface area contributed by atoms with Crippen molar-refractivity contribution in [3.8, 4) is 0 Å². The molecule has 0 bridgehead atoms. The van der Waals surface area contributed by atoms with Gasteiger partial charge in [0, 0.05) is 19.3 Å². The van der Waals surface area contributed by atoms with E-state index in [4.69, 9.17) is 4.74 Å². The van der Waals surface area contributed by atoms with Crippen LogP contribution in [-0.2, 0) is 38.8 Å². The fourth-order valence-corrected chi connectivity index (χ4v) is 5.24. The maximum atomic E-state index is 13.3. The molecule has 1 aliphatic carbocycles. The molecule has 7 heteroatoms. The number of methoxy groups -OCH3 is 1. The number of ether oxygens (including phenoxy) is 1. The molecular formula is C23H25NO5S. The number of sulfone groups is 1. The Kier molecular flexibility index (Phi) is 5.18. The number of nitrogens with zero attached hydrogens (tertiary/aromatic N) is 1. The largest absolute Gasteiger partial charge is 0.465 e. The van der Waals surface area contributed by atoms with Crippen molar-refractivity contribution in [1.82, 2.24) is 4.90 Å². The van der Waals surface area contributed by atoms with Crippen molar-refractivity contribution in [2.75, 3.05) is 19.9 Å². The van der Waals surface area contributed by atoms with E-state index in [0.717, 1.165) is 30.4 Å². The van der Waals surface area contributed by atoms with Crippen LogP contribution in [0.5, 0.6) is 0 Å². The molecule has 0 unspecified atom stereocenters. The maximum Gasteiger partial charge on any atom is 0.337 e. The Hall–Kier alpha value is -2.67. The first-order valence-electron chi connectivity index (χ1n) is 10.0.